The van der Waals surface area contributed by atoms with Crippen LogP contribution in [0.3, 0.4) is 0 Å². The maximum Gasteiger partial charge on any atom is 0.315 e. The van der Waals surface area contributed by atoms with E-state index in [-0.39, 0.29) is 30.5 Å². The van der Waals surface area contributed by atoms with Crippen molar-refractivity contribution >= 4 is 17.5 Å². The first-order chi connectivity index (χ1) is 17.9. The molecule has 8 heteroatoms. The van der Waals surface area contributed by atoms with E-state index in [0.717, 1.165) is 5.56 Å². The number of rotatable bonds is 9. The Morgan fingerprint density at radius 1 is 1.03 bits per heavy atom. The van der Waals surface area contributed by atoms with Gasteiger partial charge in [0.1, 0.15) is 18.3 Å². The van der Waals surface area contributed by atoms with Crippen LogP contribution in [0, 0.1) is 5.92 Å². The van der Waals surface area contributed by atoms with Crippen molar-refractivity contribution in [3.63, 3.8) is 0 Å². The number of phenols is 1. The normalized spacial score (nSPS) is 21.2. The number of phenolic OH excluding ortho intramolecular Hbond substituents is 1. The summed E-state index contributed by atoms with van der Waals surface area (Å²) in [5.74, 6) is -0.718. The highest BCUT2D eigenvalue weighted by molar-refractivity contribution is 6.09. The SMILES string of the molecule is CCOCCOC(=O)C1C(C)=NC2=C(C(=O)C[C@H](c3ccc(OC)c(OC)c3)C2)[C@@H]1c1cccc(O)c1. The molecule has 3 atom stereocenters. The van der Waals surface area contributed by atoms with Crippen LogP contribution in [0.2, 0.25) is 0 Å². The lowest BCUT2D eigenvalue weighted by molar-refractivity contribution is -0.148. The van der Waals surface area contributed by atoms with Gasteiger partial charge in [0.25, 0.3) is 0 Å². The molecule has 0 saturated heterocycles. The van der Waals surface area contributed by atoms with Crippen LogP contribution >= 0.6 is 0 Å². The van der Waals surface area contributed by atoms with Crippen molar-refractivity contribution < 1.29 is 33.6 Å². The number of benzene rings is 2. The van der Waals surface area contributed by atoms with E-state index in [1.54, 1.807) is 39.3 Å². The van der Waals surface area contributed by atoms with E-state index in [9.17, 15) is 14.7 Å². The van der Waals surface area contributed by atoms with E-state index in [4.69, 9.17) is 23.9 Å². The molecule has 37 heavy (non-hydrogen) atoms. The van der Waals surface area contributed by atoms with Crippen molar-refractivity contribution in [3.05, 3.63) is 64.9 Å². The molecule has 0 aromatic heterocycles. The summed E-state index contributed by atoms with van der Waals surface area (Å²) in [6, 6.07) is 12.4. The Hall–Kier alpha value is -3.65. The van der Waals surface area contributed by atoms with Gasteiger partial charge in [-0.2, -0.15) is 0 Å². The topological polar surface area (TPSA) is 104 Å². The number of aliphatic imine (C=N–C) groups is 1. The average molecular weight is 508 g/mol. The van der Waals surface area contributed by atoms with E-state index >= 15 is 0 Å². The first-order valence-corrected chi connectivity index (χ1v) is 12.4. The number of carbonyl (C=O) groups excluding carboxylic acids is 2. The van der Waals surface area contributed by atoms with E-state index in [1.807, 2.05) is 31.2 Å². The van der Waals surface area contributed by atoms with E-state index in [2.05, 4.69) is 0 Å². The van der Waals surface area contributed by atoms with Gasteiger partial charge in [-0.3, -0.25) is 14.6 Å². The summed E-state index contributed by atoms with van der Waals surface area (Å²) in [4.78, 5) is 31.7. The molecule has 0 saturated carbocycles. The lowest BCUT2D eigenvalue weighted by atomic mass is 9.69. The second-order valence-corrected chi connectivity index (χ2v) is 9.17. The molecule has 0 spiro atoms. The van der Waals surface area contributed by atoms with E-state index in [0.29, 0.717) is 53.7 Å². The van der Waals surface area contributed by atoms with Gasteiger partial charge in [-0.05, 0) is 61.6 Å². The summed E-state index contributed by atoms with van der Waals surface area (Å²) in [5.41, 5.74) is 3.39. The number of esters is 1. The molecular formula is C29H33NO7. The molecule has 0 bridgehead atoms. The van der Waals surface area contributed by atoms with Crippen molar-refractivity contribution in [2.24, 2.45) is 10.9 Å². The van der Waals surface area contributed by atoms with Gasteiger partial charge in [-0.15, -0.1) is 0 Å². The van der Waals surface area contributed by atoms with Crippen molar-refractivity contribution in [1.29, 1.82) is 0 Å². The molecule has 1 aliphatic heterocycles. The molecule has 2 aromatic carbocycles. The molecule has 1 N–H and O–H groups in total. The highest BCUT2D eigenvalue weighted by atomic mass is 16.6. The number of Topliss-reactive ketones (excluding diaryl/α,β-unsaturated/α-hetero) is 1. The number of hydrogen-bond acceptors (Lipinski definition) is 8. The maximum atomic E-state index is 13.7. The van der Waals surface area contributed by atoms with Crippen LogP contribution in [-0.2, 0) is 19.1 Å². The smallest absolute Gasteiger partial charge is 0.315 e. The molecular weight excluding hydrogens is 474 g/mol. The van der Waals surface area contributed by atoms with E-state index in [1.165, 1.54) is 0 Å². The van der Waals surface area contributed by atoms with Gasteiger partial charge in [0.15, 0.2) is 17.3 Å². The lowest BCUT2D eigenvalue weighted by Gasteiger charge is -2.36. The van der Waals surface area contributed by atoms with Crippen LogP contribution in [0.5, 0.6) is 17.2 Å². The van der Waals surface area contributed by atoms with Gasteiger partial charge >= 0.3 is 5.97 Å². The van der Waals surface area contributed by atoms with Crippen LogP contribution in [-0.4, -0.2) is 56.6 Å². The second-order valence-electron chi connectivity index (χ2n) is 9.17. The Morgan fingerprint density at radius 2 is 1.81 bits per heavy atom. The van der Waals surface area contributed by atoms with Crippen LogP contribution in [0.4, 0.5) is 0 Å². The van der Waals surface area contributed by atoms with Gasteiger partial charge in [0.05, 0.1) is 20.8 Å². The molecule has 0 radical (unpaired) electrons. The Labute approximate surface area is 216 Å². The second kappa shape index (κ2) is 11.6. The zero-order valence-electron chi connectivity index (χ0n) is 21.7. The summed E-state index contributed by atoms with van der Waals surface area (Å²) in [6.07, 6.45) is 0.805. The number of methoxy groups -OCH3 is 2. The third-order valence-corrected chi connectivity index (χ3v) is 6.93. The van der Waals surface area contributed by atoms with E-state index < -0.39 is 17.8 Å². The predicted molar refractivity (Wildman–Crippen MR) is 138 cm³/mol. The number of hydrogen-bond donors (Lipinski definition) is 1. The van der Waals surface area contributed by atoms with Crippen molar-refractivity contribution in [2.45, 2.75) is 38.5 Å². The molecule has 196 valence electrons. The third-order valence-electron chi connectivity index (χ3n) is 6.93. The van der Waals surface area contributed by atoms with Gasteiger partial charge in [-0.1, -0.05) is 18.2 Å². The highest BCUT2D eigenvalue weighted by Gasteiger charge is 2.45. The minimum atomic E-state index is -0.774. The molecule has 4 rings (SSSR count). The molecule has 0 fully saturated rings. The summed E-state index contributed by atoms with van der Waals surface area (Å²) >= 11 is 0. The highest BCUT2D eigenvalue weighted by Crippen LogP contribution is 2.47. The Bertz CT molecular complexity index is 1230. The molecule has 1 unspecified atom stereocenters. The molecule has 0 amide bonds. The molecule has 1 heterocycles. The number of carbonyl (C=O) groups is 2. The van der Waals surface area contributed by atoms with Gasteiger partial charge in [0.2, 0.25) is 0 Å². The Morgan fingerprint density at radius 3 is 2.51 bits per heavy atom. The number of ketones is 1. The first-order valence-electron chi connectivity index (χ1n) is 12.4. The Balaban J connectivity index is 1.71. The molecule has 2 aromatic rings. The molecule has 2 aliphatic rings. The van der Waals surface area contributed by atoms with Crippen LogP contribution in [0.25, 0.3) is 0 Å². The number of allylic oxidation sites excluding steroid dienone is 2. The Kier molecular flexibility index (Phi) is 8.28. The average Bonchev–Trinajstić information content (AvgIpc) is 2.89. The standard InChI is InChI=1S/C29H33NO7/c1-5-36-11-12-37-29(33)26-17(2)30-22-14-20(18-9-10-24(34-3)25(16-18)35-4)15-23(32)28(22)27(26)19-7-6-8-21(31)13-19/h6-10,13,16,20,26-27,31H,5,11-12,14-15H2,1-4H3/t20-,26?,27-/m1/s1. The number of aromatic hydroxyl groups is 1. The lowest BCUT2D eigenvalue weighted by Crippen LogP contribution is -2.38. The fourth-order valence-corrected chi connectivity index (χ4v) is 5.22. The monoisotopic (exact) mass is 507 g/mol. The minimum Gasteiger partial charge on any atom is -0.508 e. The zero-order valence-corrected chi connectivity index (χ0v) is 21.7. The van der Waals surface area contributed by atoms with Crippen LogP contribution in [0.15, 0.2) is 58.7 Å². The summed E-state index contributed by atoms with van der Waals surface area (Å²) in [6.45, 7) is 4.60. The van der Waals surface area contributed by atoms with Crippen molar-refractivity contribution in [1.82, 2.24) is 0 Å². The first kappa shape index (κ1) is 26.4. The third kappa shape index (κ3) is 5.54. The van der Waals surface area contributed by atoms with Gasteiger partial charge < -0.3 is 24.1 Å². The minimum absolute atomic E-state index is 0.0646. The molecule has 8 nitrogen and oxygen atoms in total. The quantitative estimate of drug-likeness (QED) is 0.392. The maximum absolute atomic E-state index is 13.7. The summed E-state index contributed by atoms with van der Waals surface area (Å²) < 4.78 is 21.6. The summed E-state index contributed by atoms with van der Waals surface area (Å²) in [5, 5.41) is 10.2. The number of nitrogens with zero attached hydrogens (tertiary/aromatic N) is 1. The fraction of sp³-hybridized carbons (Fsp3) is 0.414. The van der Waals surface area contributed by atoms with Crippen LogP contribution < -0.4 is 9.47 Å². The number of ether oxygens (including phenoxy) is 4. The zero-order chi connectivity index (χ0) is 26.5. The van der Waals surface area contributed by atoms with Gasteiger partial charge in [0, 0.05) is 35.9 Å². The molecule has 1 aliphatic carbocycles. The fourth-order valence-electron chi connectivity index (χ4n) is 5.22. The summed E-state index contributed by atoms with van der Waals surface area (Å²) in [7, 11) is 3.16. The van der Waals surface area contributed by atoms with Crippen LogP contribution in [0.1, 0.15) is 49.7 Å². The largest absolute Gasteiger partial charge is 0.508 e. The predicted octanol–water partition coefficient (Wildman–Crippen LogP) is 4.56. The van der Waals surface area contributed by atoms with Crippen molar-refractivity contribution in [3.8, 4) is 17.2 Å². The van der Waals surface area contributed by atoms with Gasteiger partial charge in [-0.25, -0.2) is 0 Å². The van der Waals surface area contributed by atoms with Crippen molar-refractivity contribution in [2.75, 3.05) is 34.0 Å².